The first kappa shape index (κ1) is 25.5. The number of rotatable bonds is 12. The van der Waals surface area contributed by atoms with Gasteiger partial charge in [-0.25, -0.2) is 9.59 Å². The average Bonchev–Trinajstić information content (AvgIpc) is 2.59. The van der Waals surface area contributed by atoms with Crippen LogP contribution in [-0.2, 0) is 33.4 Å². The molecule has 28 heavy (non-hydrogen) atoms. The molecule has 0 radical (unpaired) electrons. The molecule has 10 nitrogen and oxygen atoms in total. The van der Waals surface area contributed by atoms with Crippen LogP contribution in [0.1, 0.15) is 53.9 Å². The first-order valence-electron chi connectivity index (χ1n) is 9.10. The minimum Gasteiger partial charge on any atom is -0.450 e. The molecule has 10 heteroatoms. The maximum absolute atomic E-state index is 12.2. The molecular weight excluding hydrogens is 372 g/mol. The molecular formula is C18H30N2O8. The summed E-state index contributed by atoms with van der Waals surface area (Å²) in [5, 5.41) is 14.2. The van der Waals surface area contributed by atoms with E-state index < -0.39 is 42.2 Å². The Bertz CT molecular complexity index is 576. The second kappa shape index (κ2) is 12.8. The number of unbranched alkanes of at least 4 members (excludes halogenated alkanes) is 1. The van der Waals surface area contributed by atoms with Crippen molar-refractivity contribution in [2.24, 2.45) is 0 Å². The Morgan fingerprint density at radius 3 is 1.96 bits per heavy atom. The molecule has 4 atom stereocenters. The van der Waals surface area contributed by atoms with Crippen molar-refractivity contribution in [3.63, 3.8) is 0 Å². The van der Waals surface area contributed by atoms with Crippen LogP contribution in [0, 0.1) is 0 Å². The van der Waals surface area contributed by atoms with Crippen molar-refractivity contribution in [1.29, 1.82) is 0 Å². The normalized spacial score (nSPS) is 14.8. The Balaban J connectivity index is 4.49. The Morgan fingerprint density at radius 1 is 0.893 bits per heavy atom. The van der Waals surface area contributed by atoms with Crippen molar-refractivity contribution in [3.8, 4) is 0 Å². The molecule has 0 aliphatic rings. The fraction of sp³-hybridized carbons (Fsp3) is 0.722. The number of hydrogen-bond donors (Lipinski definition) is 3. The maximum Gasteiger partial charge on any atom is 0.347 e. The van der Waals surface area contributed by atoms with E-state index in [0.717, 1.165) is 0 Å². The fourth-order valence-corrected chi connectivity index (χ4v) is 2.05. The van der Waals surface area contributed by atoms with Crippen LogP contribution in [0.25, 0.3) is 0 Å². The van der Waals surface area contributed by atoms with Crippen LogP contribution >= 0.6 is 0 Å². The number of Topliss-reactive ketones (excluding diaryl/α,β-unsaturated/α-hetero) is 1. The summed E-state index contributed by atoms with van der Waals surface area (Å²) in [6.45, 7) is 6.99. The van der Waals surface area contributed by atoms with Gasteiger partial charge in [-0.15, -0.1) is 0 Å². The molecule has 0 aromatic carbocycles. The molecule has 0 aromatic heterocycles. The lowest BCUT2D eigenvalue weighted by Gasteiger charge is -2.20. The molecule has 0 fully saturated rings. The van der Waals surface area contributed by atoms with Gasteiger partial charge in [0.1, 0.15) is 6.10 Å². The van der Waals surface area contributed by atoms with Gasteiger partial charge < -0.3 is 25.2 Å². The van der Waals surface area contributed by atoms with Gasteiger partial charge in [-0.1, -0.05) is 0 Å². The van der Waals surface area contributed by atoms with Crippen LogP contribution in [-0.4, -0.2) is 65.5 Å². The van der Waals surface area contributed by atoms with E-state index >= 15 is 0 Å². The quantitative estimate of drug-likeness (QED) is 0.295. The summed E-state index contributed by atoms with van der Waals surface area (Å²) >= 11 is 0. The molecule has 0 aliphatic heterocycles. The molecule has 0 aliphatic carbocycles. The summed E-state index contributed by atoms with van der Waals surface area (Å²) in [6.07, 6.45) is -2.26. The molecule has 0 saturated carbocycles. The van der Waals surface area contributed by atoms with Crippen LogP contribution in [0.3, 0.4) is 0 Å². The lowest BCUT2D eigenvalue weighted by molar-refractivity contribution is -0.175. The lowest BCUT2D eigenvalue weighted by atomic mass is 10.1. The number of aliphatic hydroxyl groups is 1. The number of hydrogen-bond acceptors (Lipinski definition) is 8. The van der Waals surface area contributed by atoms with Gasteiger partial charge >= 0.3 is 11.9 Å². The van der Waals surface area contributed by atoms with Crippen LogP contribution in [0.15, 0.2) is 0 Å². The molecule has 0 rings (SSSR count). The third kappa shape index (κ3) is 10.6. The van der Waals surface area contributed by atoms with Gasteiger partial charge in [-0.05, 0) is 47.0 Å². The Labute approximate surface area is 164 Å². The summed E-state index contributed by atoms with van der Waals surface area (Å²) in [4.78, 5) is 57.8. The number of nitrogens with one attached hydrogen (secondary N) is 2. The van der Waals surface area contributed by atoms with E-state index in [4.69, 9.17) is 9.84 Å². The van der Waals surface area contributed by atoms with Crippen molar-refractivity contribution in [2.45, 2.75) is 78.2 Å². The molecule has 4 unspecified atom stereocenters. The summed E-state index contributed by atoms with van der Waals surface area (Å²) in [7, 11) is 0. The highest BCUT2D eigenvalue weighted by Gasteiger charge is 2.27. The van der Waals surface area contributed by atoms with E-state index in [9.17, 15) is 24.0 Å². The van der Waals surface area contributed by atoms with Crippen LogP contribution in [0.5, 0.6) is 0 Å². The summed E-state index contributed by atoms with van der Waals surface area (Å²) < 4.78 is 9.62. The van der Waals surface area contributed by atoms with Crippen molar-refractivity contribution in [1.82, 2.24) is 10.6 Å². The van der Waals surface area contributed by atoms with Crippen LogP contribution in [0.2, 0.25) is 0 Å². The molecule has 2 amide bonds. The van der Waals surface area contributed by atoms with Crippen molar-refractivity contribution >= 4 is 29.5 Å². The zero-order valence-corrected chi connectivity index (χ0v) is 16.9. The highest BCUT2D eigenvalue weighted by molar-refractivity contribution is 5.90. The molecule has 0 aromatic rings. The summed E-state index contributed by atoms with van der Waals surface area (Å²) in [6, 6.07) is -0.739. The topological polar surface area (TPSA) is 148 Å². The van der Waals surface area contributed by atoms with Crippen molar-refractivity contribution < 1.29 is 38.6 Å². The van der Waals surface area contributed by atoms with E-state index in [1.54, 1.807) is 0 Å². The SMILES string of the molecule is CC(=O)NCCCCC(NC(=O)C(C)OC(=O)C(C)OC(=O)C(C)O)C(C)=O. The van der Waals surface area contributed by atoms with Gasteiger partial charge in [0.25, 0.3) is 5.91 Å². The third-order valence-electron chi connectivity index (χ3n) is 3.73. The second-order valence-electron chi connectivity index (χ2n) is 6.48. The van der Waals surface area contributed by atoms with Gasteiger partial charge in [-0.2, -0.15) is 0 Å². The molecule has 160 valence electrons. The molecule has 0 heterocycles. The molecule has 3 N–H and O–H groups in total. The summed E-state index contributed by atoms with van der Waals surface area (Å²) in [5.41, 5.74) is 0. The number of ketones is 1. The Kier molecular flexibility index (Phi) is 11.7. The molecule has 0 bridgehead atoms. The van der Waals surface area contributed by atoms with Gasteiger partial charge in [-0.3, -0.25) is 14.4 Å². The average molecular weight is 402 g/mol. The van der Waals surface area contributed by atoms with E-state index in [1.165, 1.54) is 34.6 Å². The van der Waals surface area contributed by atoms with E-state index in [0.29, 0.717) is 25.8 Å². The van der Waals surface area contributed by atoms with Crippen molar-refractivity contribution in [2.75, 3.05) is 6.54 Å². The Morgan fingerprint density at radius 2 is 1.46 bits per heavy atom. The van der Waals surface area contributed by atoms with Gasteiger partial charge in [0.2, 0.25) is 5.91 Å². The lowest BCUT2D eigenvalue weighted by Crippen LogP contribution is -2.46. The number of carbonyl (C=O) groups is 5. The predicted octanol–water partition coefficient (Wildman–Crippen LogP) is -0.389. The number of esters is 2. The number of ether oxygens (including phenoxy) is 2. The maximum atomic E-state index is 12.2. The van der Waals surface area contributed by atoms with E-state index in [1.807, 2.05) is 0 Å². The van der Waals surface area contributed by atoms with Crippen LogP contribution in [0.4, 0.5) is 0 Å². The van der Waals surface area contributed by atoms with Crippen LogP contribution < -0.4 is 10.6 Å². The Hall–Kier alpha value is -2.49. The first-order valence-corrected chi connectivity index (χ1v) is 9.10. The number of amides is 2. The van der Waals surface area contributed by atoms with E-state index in [2.05, 4.69) is 15.4 Å². The number of aliphatic hydroxyl groups excluding tert-OH is 1. The minimum atomic E-state index is -1.39. The zero-order valence-electron chi connectivity index (χ0n) is 16.9. The number of carbonyl (C=O) groups excluding carboxylic acids is 5. The third-order valence-corrected chi connectivity index (χ3v) is 3.73. The first-order chi connectivity index (χ1) is 13.0. The second-order valence-corrected chi connectivity index (χ2v) is 6.48. The minimum absolute atomic E-state index is 0.139. The standard InChI is InChI=1S/C18H30N2O8/c1-10(21)15(8-6-7-9-19-14(5)23)20-16(24)12(3)27-18(26)13(4)28-17(25)11(2)22/h11-13,15,22H,6-9H2,1-5H3,(H,19,23)(H,20,24). The molecule has 0 saturated heterocycles. The smallest absolute Gasteiger partial charge is 0.347 e. The van der Waals surface area contributed by atoms with E-state index in [-0.39, 0.29) is 11.7 Å². The fourth-order valence-electron chi connectivity index (χ4n) is 2.05. The zero-order chi connectivity index (χ0) is 21.9. The largest absolute Gasteiger partial charge is 0.450 e. The molecule has 0 spiro atoms. The van der Waals surface area contributed by atoms with Gasteiger partial charge in [0.05, 0.1) is 6.04 Å². The van der Waals surface area contributed by atoms with Crippen molar-refractivity contribution in [3.05, 3.63) is 0 Å². The highest BCUT2D eigenvalue weighted by atomic mass is 16.6. The van der Waals surface area contributed by atoms with Gasteiger partial charge in [0, 0.05) is 13.5 Å². The summed E-state index contributed by atoms with van der Waals surface area (Å²) in [5.74, 6) is -2.99. The monoisotopic (exact) mass is 402 g/mol. The highest BCUT2D eigenvalue weighted by Crippen LogP contribution is 2.05. The van der Waals surface area contributed by atoms with Gasteiger partial charge in [0.15, 0.2) is 18.0 Å². The predicted molar refractivity (Wildman–Crippen MR) is 97.9 cm³/mol.